The van der Waals surface area contributed by atoms with Gasteiger partial charge in [-0.2, -0.15) is 0 Å². The lowest BCUT2D eigenvalue weighted by molar-refractivity contribution is -0.114. The van der Waals surface area contributed by atoms with Gasteiger partial charge >= 0.3 is 0 Å². The van der Waals surface area contributed by atoms with Crippen LogP contribution in [0.1, 0.15) is 49.0 Å². The highest BCUT2D eigenvalue weighted by Gasteiger charge is 2.08. The number of amides is 2. The quantitative estimate of drug-likeness (QED) is 0.672. The van der Waals surface area contributed by atoms with Gasteiger partial charge in [0.25, 0.3) is 5.91 Å². The van der Waals surface area contributed by atoms with Crippen LogP contribution in [-0.4, -0.2) is 24.9 Å². The molecule has 5 heteroatoms. The first kappa shape index (κ1) is 19.5. The van der Waals surface area contributed by atoms with Crippen molar-refractivity contribution in [3.63, 3.8) is 0 Å². The minimum atomic E-state index is -0.133. The zero-order valence-corrected chi connectivity index (χ0v) is 15.6. The first-order chi connectivity index (χ1) is 12.5. The van der Waals surface area contributed by atoms with Gasteiger partial charge in [-0.25, -0.2) is 0 Å². The SMILES string of the molecule is CCCNC(=O)c1ccc(NC(=O)CNc2ccccc2C(C)C)cc1. The van der Waals surface area contributed by atoms with E-state index in [1.54, 1.807) is 24.3 Å². The number of hydrogen-bond donors (Lipinski definition) is 3. The Morgan fingerprint density at radius 2 is 1.69 bits per heavy atom. The summed E-state index contributed by atoms with van der Waals surface area (Å²) in [5.74, 6) is 0.150. The van der Waals surface area contributed by atoms with Crippen molar-refractivity contribution in [3.05, 3.63) is 59.7 Å². The van der Waals surface area contributed by atoms with Crippen LogP contribution in [0.4, 0.5) is 11.4 Å². The average molecular weight is 353 g/mol. The molecular formula is C21H27N3O2. The van der Waals surface area contributed by atoms with Crippen molar-refractivity contribution in [1.82, 2.24) is 5.32 Å². The van der Waals surface area contributed by atoms with Gasteiger partial charge in [0.1, 0.15) is 0 Å². The molecule has 0 aliphatic carbocycles. The Kier molecular flexibility index (Phi) is 7.21. The molecule has 0 aliphatic heterocycles. The number of para-hydroxylation sites is 1. The third-order valence-corrected chi connectivity index (χ3v) is 3.99. The Labute approximate surface area is 155 Å². The van der Waals surface area contributed by atoms with Crippen LogP contribution in [0.15, 0.2) is 48.5 Å². The van der Waals surface area contributed by atoms with E-state index >= 15 is 0 Å². The van der Waals surface area contributed by atoms with E-state index in [1.165, 1.54) is 5.56 Å². The highest BCUT2D eigenvalue weighted by atomic mass is 16.2. The molecule has 138 valence electrons. The van der Waals surface area contributed by atoms with Gasteiger partial charge in [-0.1, -0.05) is 39.0 Å². The molecule has 0 fully saturated rings. The molecule has 0 atom stereocenters. The lowest BCUT2D eigenvalue weighted by atomic mass is 10.0. The van der Waals surface area contributed by atoms with Crippen LogP contribution in [0.2, 0.25) is 0 Å². The van der Waals surface area contributed by atoms with Crippen molar-refractivity contribution < 1.29 is 9.59 Å². The molecule has 2 aromatic carbocycles. The summed E-state index contributed by atoms with van der Waals surface area (Å²) in [7, 11) is 0. The van der Waals surface area contributed by atoms with Gasteiger partial charge in [-0.3, -0.25) is 9.59 Å². The third kappa shape index (κ3) is 5.62. The molecule has 0 unspecified atom stereocenters. The molecule has 0 bridgehead atoms. The van der Waals surface area contributed by atoms with E-state index in [2.05, 4.69) is 35.9 Å². The molecule has 0 saturated heterocycles. The van der Waals surface area contributed by atoms with E-state index in [-0.39, 0.29) is 18.4 Å². The maximum atomic E-state index is 12.2. The van der Waals surface area contributed by atoms with Gasteiger partial charge in [0.15, 0.2) is 0 Å². The second kappa shape index (κ2) is 9.61. The van der Waals surface area contributed by atoms with Gasteiger partial charge in [0.2, 0.25) is 5.91 Å². The Hall–Kier alpha value is -2.82. The molecular weight excluding hydrogens is 326 g/mol. The summed E-state index contributed by atoms with van der Waals surface area (Å²) in [5, 5.41) is 8.85. The zero-order valence-electron chi connectivity index (χ0n) is 15.6. The molecule has 0 aromatic heterocycles. The number of anilines is 2. The van der Waals surface area contributed by atoms with Crippen LogP contribution in [0.3, 0.4) is 0 Å². The summed E-state index contributed by atoms with van der Waals surface area (Å²) in [6.07, 6.45) is 0.896. The number of rotatable bonds is 8. The van der Waals surface area contributed by atoms with E-state index in [9.17, 15) is 9.59 Å². The largest absolute Gasteiger partial charge is 0.376 e. The van der Waals surface area contributed by atoms with Crippen molar-refractivity contribution in [2.24, 2.45) is 0 Å². The second-order valence-electron chi connectivity index (χ2n) is 6.48. The van der Waals surface area contributed by atoms with E-state index < -0.39 is 0 Å². The second-order valence-corrected chi connectivity index (χ2v) is 6.48. The van der Waals surface area contributed by atoms with Gasteiger partial charge < -0.3 is 16.0 Å². The Balaban J connectivity index is 1.89. The molecule has 0 spiro atoms. The van der Waals surface area contributed by atoms with Gasteiger partial charge in [0, 0.05) is 23.5 Å². The summed E-state index contributed by atoms with van der Waals surface area (Å²) in [5.41, 5.74) is 3.41. The smallest absolute Gasteiger partial charge is 0.251 e. The first-order valence-corrected chi connectivity index (χ1v) is 9.02. The van der Waals surface area contributed by atoms with Crippen molar-refractivity contribution >= 4 is 23.2 Å². The number of carbonyl (C=O) groups excluding carboxylic acids is 2. The monoisotopic (exact) mass is 353 g/mol. The van der Waals surface area contributed by atoms with E-state index in [4.69, 9.17) is 0 Å². The fraction of sp³-hybridized carbons (Fsp3) is 0.333. The number of benzene rings is 2. The zero-order chi connectivity index (χ0) is 18.9. The molecule has 2 rings (SSSR count). The molecule has 0 saturated carbocycles. The maximum absolute atomic E-state index is 12.2. The molecule has 2 amide bonds. The molecule has 0 radical (unpaired) electrons. The van der Waals surface area contributed by atoms with Crippen molar-refractivity contribution in [2.75, 3.05) is 23.7 Å². The van der Waals surface area contributed by atoms with Crippen LogP contribution >= 0.6 is 0 Å². The lowest BCUT2D eigenvalue weighted by Gasteiger charge is -2.14. The van der Waals surface area contributed by atoms with E-state index in [0.29, 0.717) is 23.7 Å². The molecule has 2 aromatic rings. The highest BCUT2D eigenvalue weighted by molar-refractivity contribution is 5.96. The van der Waals surface area contributed by atoms with Crippen LogP contribution in [0.5, 0.6) is 0 Å². The normalized spacial score (nSPS) is 10.5. The minimum absolute atomic E-state index is 0.100. The van der Waals surface area contributed by atoms with Crippen molar-refractivity contribution in [1.29, 1.82) is 0 Å². The fourth-order valence-corrected chi connectivity index (χ4v) is 2.59. The van der Waals surface area contributed by atoms with Crippen LogP contribution in [0, 0.1) is 0 Å². The van der Waals surface area contributed by atoms with Crippen molar-refractivity contribution in [2.45, 2.75) is 33.1 Å². The van der Waals surface area contributed by atoms with E-state index in [1.807, 2.05) is 25.1 Å². The van der Waals surface area contributed by atoms with Crippen LogP contribution in [-0.2, 0) is 4.79 Å². The number of nitrogens with one attached hydrogen (secondary N) is 3. The molecule has 5 nitrogen and oxygen atoms in total. The molecule has 0 heterocycles. The Morgan fingerprint density at radius 1 is 1.00 bits per heavy atom. The predicted molar refractivity (Wildman–Crippen MR) is 107 cm³/mol. The van der Waals surface area contributed by atoms with Crippen molar-refractivity contribution in [3.8, 4) is 0 Å². The van der Waals surface area contributed by atoms with Gasteiger partial charge in [0.05, 0.1) is 6.54 Å². The van der Waals surface area contributed by atoms with Gasteiger partial charge in [-0.05, 0) is 48.2 Å². The first-order valence-electron chi connectivity index (χ1n) is 9.02. The Bertz CT molecular complexity index is 739. The average Bonchev–Trinajstić information content (AvgIpc) is 2.65. The summed E-state index contributed by atoms with van der Waals surface area (Å²) in [6.45, 7) is 7.09. The van der Waals surface area contributed by atoms with Crippen LogP contribution < -0.4 is 16.0 Å². The van der Waals surface area contributed by atoms with E-state index in [0.717, 1.165) is 12.1 Å². The highest BCUT2D eigenvalue weighted by Crippen LogP contribution is 2.23. The third-order valence-electron chi connectivity index (χ3n) is 3.99. The molecule has 26 heavy (non-hydrogen) atoms. The Morgan fingerprint density at radius 3 is 2.35 bits per heavy atom. The van der Waals surface area contributed by atoms with Gasteiger partial charge in [-0.15, -0.1) is 0 Å². The number of carbonyl (C=O) groups is 2. The maximum Gasteiger partial charge on any atom is 0.251 e. The van der Waals surface area contributed by atoms with Crippen LogP contribution in [0.25, 0.3) is 0 Å². The fourth-order valence-electron chi connectivity index (χ4n) is 2.59. The lowest BCUT2D eigenvalue weighted by Crippen LogP contribution is -2.24. The standard InChI is InChI=1S/C21H27N3O2/c1-4-13-22-21(26)16-9-11-17(12-10-16)24-20(25)14-23-19-8-6-5-7-18(19)15(2)3/h5-12,15,23H,4,13-14H2,1-3H3,(H,22,26)(H,24,25). The number of hydrogen-bond acceptors (Lipinski definition) is 3. The summed E-state index contributed by atoms with van der Waals surface area (Å²) in [6, 6.07) is 14.9. The molecule has 0 aliphatic rings. The summed E-state index contributed by atoms with van der Waals surface area (Å²) in [4.78, 5) is 24.0. The summed E-state index contributed by atoms with van der Waals surface area (Å²) >= 11 is 0. The predicted octanol–water partition coefficient (Wildman–Crippen LogP) is 4.00. The summed E-state index contributed by atoms with van der Waals surface area (Å²) < 4.78 is 0. The molecule has 3 N–H and O–H groups in total. The minimum Gasteiger partial charge on any atom is -0.376 e. The topological polar surface area (TPSA) is 70.2 Å².